The van der Waals surface area contributed by atoms with Gasteiger partial charge >= 0.3 is 0 Å². The Morgan fingerprint density at radius 3 is 2.95 bits per heavy atom. The second-order valence-corrected chi connectivity index (χ2v) is 6.61. The summed E-state index contributed by atoms with van der Waals surface area (Å²) in [5, 5.41) is 6.27. The highest BCUT2D eigenvalue weighted by atomic mass is 32.2. The average Bonchev–Trinajstić information content (AvgIpc) is 2.92. The van der Waals surface area contributed by atoms with Crippen molar-refractivity contribution in [3.63, 3.8) is 0 Å². The van der Waals surface area contributed by atoms with E-state index in [0.717, 1.165) is 29.7 Å². The van der Waals surface area contributed by atoms with Gasteiger partial charge in [0.25, 0.3) is 10.0 Å². The van der Waals surface area contributed by atoms with Gasteiger partial charge < -0.3 is 0 Å². The summed E-state index contributed by atoms with van der Waals surface area (Å²) >= 11 is 0. The van der Waals surface area contributed by atoms with Crippen LogP contribution in [0.2, 0.25) is 0 Å². The van der Waals surface area contributed by atoms with Crippen molar-refractivity contribution >= 4 is 15.7 Å². The van der Waals surface area contributed by atoms with Gasteiger partial charge in [-0.15, -0.1) is 0 Å². The number of benzene rings is 1. The van der Waals surface area contributed by atoms with E-state index in [2.05, 4.69) is 16.3 Å². The third-order valence-corrected chi connectivity index (χ3v) is 5.15. The van der Waals surface area contributed by atoms with Crippen molar-refractivity contribution in [2.45, 2.75) is 24.7 Å². The molecule has 100 valence electrons. The van der Waals surface area contributed by atoms with E-state index in [-0.39, 0.29) is 4.90 Å². The van der Waals surface area contributed by atoms with E-state index in [1.165, 1.54) is 16.7 Å². The Labute approximate surface area is 112 Å². The van der Waals surface area contributed by atoms with Crippen molar-refractivity contribution in [3.05, 3.63) is 41.7 Å². The van der Waals surface area contributed by atoms with E-state index < -0.39 is 10.0 Å². The van der Waals surface area contributed by atoms with Crippen molar-refractivity contribution in [2.24, 2.45) is 0 Å². The molecule has 1 N–H and O–H groups in total. The van der Waals surface area contributed by atoms with Crippen molar-refractivity contribution in [1.82, 2.24) is 10.2 Å². The van der Waals surface area contributed by atoms with Crippen molar-refractivity contribution in [2.75, 3.05) is 10.8 Å². The monoisotopic (exact) mass is 277 g/mol. The standard InChI is InChI=1S/C13H15N3O2S/c1-10-4-5-13-11(7-10)3-2-6-16(13)19(17,18)12-8-14-15-9-12/h4-5,7-9H,2-3,6H2,1H3,(H,14,15). The molecule has 0 radical (unpaired) electrons. The van der Waals surface area contributed by atoms with Gasteiger partial charge in [0.1, 0.15) is 4.90 Å². The van der Waals surface area contributed by atoms with Crippen molar-refractivity contribution in [1.29, 1.82) is 0 Å². The molecule has 0 bridgehead atoms. The minimum absolute atomic E-state index is 0.209. The van der Waals surface area contributed by atoms with E-state index in [0.29, 0.717) is 6.54 Å². The van der Waals surface area contributed by atoms with Crippen LogP contribution in [0.15, 0.2) is 35.5 Å². The number of rotatable bonds is 2. The SMILES string of the molecule is Cc1ccc2c(c1)CCCN2S(=O)(=O)c1cn[nH]c1. The predicted octanol–water partition coefficient (Wildman–Crippen LogP) is 1.86. The molecule has 0 atom stereocenters. The van der Waals surface area contributed by atoms with Crippen molar-refractivity contribution in [3.8, 4) is 0 Å². The second-order valence-electron chi connectivity index (χ2n) is 4.75. The highest BCUT2D eigenvalue weighted by molar-refractivity contribution is 7.92. The number of aromatic amines is 1. The highest BCUT2D eigenvalue weighted by Crippen LogP contribution is 2.32. The largest absolute Gasteiger partial charge is 0.284 e. The first kappa shape index (κ1) is 12.2. The highest BCUT2D eigenvalue weighted by Gasteiger charge is 2.29. The van der Waals surface area contributed by atoms with Crippen LogP contribution in [0, 0.1) is 6.92 Å². The summed E-state index contributed by atoms with van der Waals surface area (Å²) in [7, 11) is -3.51. The number of aromatic nitrogens is 2. The third-order valence-electron chi connectivity index (χ3n) is 3.37. The molecule has 6 heteroatoms. The average molecular weight is 277 g/mol. The lowest BCUT2D eigenvalue weighted by Gasteiger charge is -2.30. The maximum Gasteiger partial charge on any atom is 0.267 e. The Hall–Kier alpha value is -1.82. The van der Waals surface area contributed by atoms with Crippen LogP contribution in [0.1, 0.15) is 17.5 Å². The molecule has 5 nitrogen and oxygen atoms in total. The number of hydrogen-bond acceptors (Lipinski definition) is 3. The van der Waals surface area contributed by atoms with E-state index >= 15 is 0 Å². The summed E-state index contributed by atoms with van der Waals surface area (Å²) in [6.07, 6.45) is 4.53. The molecule has 2 aromatic rings. The number of hydrogen-bond donors (Lipinski definition) is 1. The molecular formula is C13H15N3O2S. The van der Waals surface area contributed by atoms with E-state index in [4.69, 9.17) is 0 Å². The minimum atomic E-state index is -3.51. The lowest BCUT2D eigenvalue weighted by molar-refractivity contribution is 0.586. The maximum atomic E-state index is 12.6. The fraction of sp³-hybridized carbons (Fsp3) is 0.308. The minimum Gasteiger partial charge on any atom is -0.284 e. The predicted molar refractivity (Wildman–Crippen MR) is 72.6 cm³/mol. The quantitative estimate of drug-likeness (QED) is 0.911. The molecule has 0 spiro atoms. The summed E-state index contributed by atoms with van der Waals surface area (Å²) < 4.78 is 26.6. The Balaban J connectivity index is 2.10. The number of nitrogens with zero attached hydrogens (tertiary/aromatic N) is 2. The molecule has 0 unspecified atom stereocenters. The van der Waals surface area contributed by atoms with Crippen molar-refractivity contribution < 1.29 is 8.42 Å². The Morgan fingerprint density at radius 2 is 2.21 bits per heavy atom. The molecule has 1 aromatic heterocycles. The van der Waals surface area contributed by atoms with Gasteiger partial charge in [0.2, 0.25) is 0 Å². The molecule has 0 aliphatic carbocycles. The van der Waals surface area contributed by atoms with Gasteiger partial charge in [-0.25, -0.2) is 8.42 Å². The van der Waals surface area contributed by atoms with Crippen LogP contribution < -0.4 is 4.31 Å². The van der Waals surface area contributed by atoms with Crippen LogP contribution in [0.5, 0.6) is 0 Å². The summed E-state index contributed by atoms with van der Waals surface area (Å²) in [4.78, 5) is 0.209. The van der Waals surface area contributed by atoms with Crippen LogP contribution in [0.4, 0.5) is 5.69 Å². The van der Waals surface area contributed by atoms with Gasteiger partial charge in [0.15, 0.2) is 0 Å². The van der Waals surface area contributed by atoms with Crippen LogP contribution in [-0.2, 0) is 16.4 Å². The molecular weight excluding hydrogens is 262 g/mol. The molecule has 2 heterocycles. The van der Waals surface area contributed by atoms with Crippen LogP contribution in [0.25, 0.3) is 0 Å². The Morgan fingerprint density at radius 1 is 1.37 bits per heavy atom. The number of aryl methyl sites for hydroxylation is 2. The van der Waals surface area contributed by atoms with Gasteiger partial charge in [0.05, 0.1) is 11.9 Å². The molecule has 0 amide bonds. The Kier molecular flexibility index (Phi) is 2.82. The van der Waals surface area contributed by atoms with Gasteiger partial charge in [0, 0.05) is 12.7 Å². The first-order valence-electron chi connectivity index (χ1n) is 6.20. The second kappa shape index (κ2) is 4.38. The van der Waals surface area contributed by atoms with Crippen LogP contribution in [-0.4, -0.2) is 25.2 Å². The zero-order valence-corrected chi connectivity index (χ0v) is 11.4. The number of nitrogens with one attached hydrogen (secondary N) is 1. The Bertz CT molecular complexity index is 693. The number of H-pyrrole nitrogens is 1. The fourth-order valence-corrected chi connectivity index (χ4v) is 3.90. The maximum absolute atomic E-state index is 12.6. The molecule has 19 heavy (non-hydrogen) atoms. The van der Waals surface area contributed by atoms with Gasteiger partial charge in [-0.3, -0.25) is 9.40 Å². The zero-order chi connectivity index (χ0) is 13.5. The molecule has 0 saturated heterocycles. The molecule has 1 aliphatic rings. The normalized spacial score (nSPS) is 15.3. The molecule has 0 saturated carbocycles. The summed E-state index contributed by atoms with van der Waals surface area (Å²) in [5.41, 5.74) is 3.04. The van der Waals surface area contributed by atoms with E-state index in [9.17, 15) is 8.42 Å². The number of sulfonamides is 1. The smallest absolute Gasteiger partial charge is 0.267 e. The first-order chi connectivity index (χ1) is 9.09. The fourth-order valence-electron chi connectivity index (χ4n) is 2.45. The van der Waals surface area contributed by atoms with Gasteiger partial charge in [-0.05, 0) is 31.4 Å². The van der Waals surface area contributed by atoms with Gasteiger partial charge in [-0.2, -0.15) is 5.10 Å². The van der Waals surface area contributed by atoms with E-state index in [1.807, 2.05) is 19.1 Å². The van der Waals surface area contributed by atoms with Gasteiger partial charge in [-0.1, -0.05) is 17.7 Å². The summed E-state index contributed by atoms with van der Waals surface area (Å²) in [5.74, 6) is 0. The molecule has 1 aliphatic heterocycles. The third kappa shape index (κ3) is 2.02. The summed E-state index contributed by atoms with van der Waals surface area (Å²) in [6, 6.07) is 5.90. The van der Waals surface area contributed by atoms with E-state index in [1.54, 1.807) is 0 Å². The first-order valence-corrected chi connectivity index (χ1v) is 7.64. The lowest BCUT2D eigenvalue weighted by Crippen LogP contribution is -2.35. The number of fused-ring (bicyclic) bond motifs is 1. The zero-order valence-electron chi connectivity index (χ0n) is 10.6. The van der Waals surface area contributed by atoms with Crippen LogP contribution >= 0.6 is 0 Å². The topological polar surface area (TPSA) is 66.1 Å². The number of anilines is 1. The molecule has 3 rings (SSSR count). The molecule has 0 fully saturated rings. The van der Waals surface area contributed by atoms with Crippen LogP contribution in [0.3, 0.4) is 0 Å². The molecule has 1 aromatic carbocycles. The lowest BCUT2D eigenvalue weighted by atomic mass is 10.0. The summed E-state index contributed by atoms with van der Waals surface area (Å²) in [6.45, 7) is 2.54.